The molecule has 2 atom stereocenters. The summed E-state index contributed by atoms with van der Waals surface area (Å²) in [5.74, 6) is -0.541. The molecule has 1 aliphatic rings. The molecule has 3 N–H and O–H groups in total. The standard InChI is InChI=1S/C15H28N2O3/c1-2-4-12(8-9-16)6-7-14(18)17-10-3-5-13(11-17)15(19)20/h12-13H,2-11,16H2,1H3,(H,19,20)/t12?,13-/m1/s1. The number of hydrogen-bond donors (Lipinski definition) is 2. The van der Waals surface area contributed by atoms with Crippen LogP contribution in [-0.2, 0) is 9.59 Å². The fourth-order valence-electron chi connectivity index (χ4n) is 2.97. The topological polar surface area (TPSA) is 83.6 Å². The van der Waals surface area contributed by atoms with Gasteiger partial charge in [0.15, 0.2) is 0 Å². The average molecular weight is 284 g/mol. The van der Waals surface area contributed by atoms with E-state index in [2.05, 4.69) is 6.92 Å². The summed E-state index contributed by atoms with van der Waals surface area (Å²) in [4.78, 5) is 24.9. The average Bonchev–Trinajstić information content (AvgIpc) is 2.45. The Morgan fingerprint density at radius 1 is 1.35 bits per heavy atom. The molecule has 0 bridgehead atoms. The van der Waals surface area contributed by atoms with Crippen LogP contribution in [-0.4, -0.2) is 41.5 Å². The van der Waals surface area contributed by atoms with E-state index in [-0.39, 0.29) is 11.8 Å². The summed E-state index contributed by atoms with van der Waals surface area (Å²) in [5, 5.41) is 9.04. The first kappa shape index (κ1) is 17.0. The highest BCUT2D eigenvalue weighted by Gasteiger charge is 2.28. The Balaban J connectivity index is 2.39. The third-order valence-corrected chi connectivity index (χ3v) is 4.16. The Labute approximate surface area is 121 Å². The van der Waals surface area contributed by atoms with Gasteiger partial charge in [0.2, 0.25) is 5.91 Å². The lowest BCUT2D eigenvalue weighted by Crippen LogP contribution is -2.42. The summed E-state index contributed by atoms with van der Waals surface area (Å²) in [7, 11) is 0. The van der Waals surface area contributed by atoms with Crippen LogP contribution in [0.4, 0.5) is 0 Å². The number of carboxylic acids is 1. The predicted molar refractivity (Wildman–Crippen MR) is 78.2 cm³/mol. The second-order valence-corrected chi connectivity index (χ2v) is 5.79. The van der Waals surface area contributed by atoms with Crippen molar-refractivity contribution in [3.63, 3.8) is 0 Å². The van der Waals surface area contributed by atoms with Crippen molar-refractivity contribution in [2.45, 2.75) is 51.9 Å². The van der Waals surface area contributed by atoms with Crippen molar-refractivity contribution in [3.8, 4) is 0 Å². The number of nitrogens with two attached hydrogens (primary N) is 1. The zero-order valence-electron chi connectivity index (χ0n) is 12.5. The van der Waals surface area contributed by atoms with Crippen LogP contribution in [0.15, 0.2) is 0 Å². The third-order valence-electron chi connectivity index (χ3n) is 4.16. The predicted octanol–water partition coefficient (Wildman–Crippen LogP) is 1.85. The van der Waals surface area contributed by atoms with Gasteiger partial charge in [-0.2, -0.15) is 0 Å². The van der Waals surface area contributed by atoms with E-state index >= 15 is 0 Å². The van der Waals surface area contributed by atoms with Gasteiger partial charge in [-0.05, 0) is 38.1 Å². The fourth-order valence-corrected chi connectivity index (χ4v) is 2.97. The van der Waals surface area contributed by atoms with E-state index in [1.165, 1.54) is 0 Å². The minimum absolute atomic E-state index is 0.106. The van der Waals surface area contributed by atoms with Gasteiger partial charge < -0.3 is 15.7 Å². The number of likely N-dealkylation sites (tertiary alicyclic amines) is 1. The monoisotopic (exact) mass is 284 g/mol. The summed E-state index contributed by atoms with van der Waals surface area (Å²) in [5.41, 5.74) is 5.60. The molecule has 0 aromatic heterocycles. The van der Waals surface area contributed by atoms with E-state index in [1.54, 1.807) is 4.90 Å². The van der Waals surface area contributed by atoms with Gasteiger partial charge in [-0.3, -0.25) is 9.59 Å². The molecule has 0 saturated carbocycles. The van der Waals surface area contributed by atoms with Crippen molar-refractivity contribution >= 4 is 11.9 Å². The molecule has 1 amide bonds. The summed E-state index contributed by atoms with van der Waals surface area (Å²) in [6.45, 7) is 3.90. The lowest BCUT2D eigenvalue weighted by Gasteiger charge is -2.31. The highest BCUT2D eigenvalue weighted by molar-refractivity contribution is 5.78. The van der Waals surface area contributed by atoms with Crippen molar-refractivity contribution in [3.05, 3.63) is 0 Å². The molecule has 20 heavy (non-hydrogen) atoms. The summed E-state index contributed by atoms with van der Waals surface area (Å²) < 4.78 is 0. The Morgan fingerprint density at radius 3 is 2.70 bits per heavy atom. The van der Waals surface area contributed by atoms with E-state index in [0.717, 1.165) is 32.1 Å². The number of hydrogen-bond acceptors (Lipinski definition) is 3. The first-order chi connectivity index (χ1) is 9.58. The lowest BCUT2D eigenvalue weighted by molar-refractivity contribution is -0.145. The minimum atomic E-state index is -0.783. The van der Waals surface area contributed by atoms with E-state index in [1.807, 2.05) is 0 Å². The van der Waals surface area contributed by atoms with Gasteiger partial charge in [0, 0.05) is 19.5 Å². The fraction of sp³-hybridized carbons (Fsp3) is 0.867. The molecule has 5 nitrogen and oxygen atoms in total. The number of carbonyl (C=O) groups is 2. The minimum Gasteiger partial charge on any atom is -0.481 e. The highest BCUT2D eigenvalue weighted by Crippen LogP contribution is 2.21. The van der Waals surface area contributed by atoms with Crippen molar-refractivity contribution in [1.82, 2.24) is 4.90 Å². The first-order valence-corrected chi connectivity index (χ1v) is 7.79. The van der Waals surface area contributed by atoms with Crippen LogP contribution in [0.1, 0.15) is 51.9 Å². The molecule has 0 spiro atoms. The maximum Gasteiger partial charge on any atom is 0.308 e. The Kier molecular flexibility index (Phi) is 7.59. The van der Waals surface area contributed by atoms with Crippen LogP contribution >= 0.6 is 0 Å². The molecule has 0 aliphatic carbocycles. The summed E-state index contributed by atoms with van der Waals surface area (Å²) in [6, 6.07) is 0. The molecule has 1 unspecified atom stereocenters. The van der Waals surface area contributed by atoms with Gasteiger partial charge in [0.05, 0.1) is 5.92 Å². The van der Waals surface area contributed by atoms with Gasteiger partial charge in [-0.25, -0.2) is 0 Å². The van der Waals surface area contributed by atoms with Crippen LogP contribution in [0, 0.1) is 11.8 Å². The molecule has 5 heteroatoms. The number of nitrogens with zero attached hydrogens (tertiary/aromatic N) is 1. The number of aliphatic carboxylic acids is 1. The van der Waals surface area contributed by atoms with Crippen LogP contribution in [0.2, 0.25) is 0 Å². The summed E-state index contributed by atoms with van der Waals surface area (Å²) >= 11 is 0. The zero-order valence-corrected chi connectivity index (χ0v) is 12.5. The number of carboxylic acid groups (broad SMARTS) is 1. The van der Waals surface area contributed by atoms with Gasteiger partial charge in [-0.15, -0.1) is 0 Å². The normalized spacial score (nSPS) is 20.7. The van der Waals surface area contributed by atoms with Gasteiger partial charge >= 0.3 is 5.97 Å². The zero-order chi connectivity index (χ0) is 15.0. The van der Waals surface area contributed by atoms with Gasteiger partial charge in [0.1, 0.15) is 0 Å². The van der Waals surface area contributed by atoms with Gasteiger partial charge in [-0.1, -0.05) is 19.8 Å². The second kappa shape index (κ2) is 8.95. The quantitative estimate of drug-likeness (QED) is 0.712. The van der Waals surface area contributed by atoms with Crippen LogP contribution in [0.3, 0.4) is 0 Å². The Morgan fingerprint density at radius 2 is 2.10 bits per heavy atom. The maximum absolute atomic E-state index is 12.2. The number of piperidine rings is 1. The second-order valence-electron chi connectivity index (χ2n) is 5.79. The first-order valence-electron chi connectivity index (χ1n) is 7.79. The molecule has 116 valence electrons. The molecule has 1 aliphatic heterocycles. The molecular weight excluding hydrogens is 256 g/mol. The molecule has 1 heterocycles. The molecule has 0 radical (unpaired) electrons. The van der Waals surface area contributed by atoms with Crippen molar-refractivity contribution in [2.24, 2.45) is 17.6 Å². The Hall–Kier alpha value is -1.10. The summed E-state index contributed by atoms with van der Waals surface area (Å²) in [6.07, 6.45) is 6.08. The molecule has 1 fully saturated rings. The van der Waals surface area contributed by atoms with Crippen LogP contribution in [0.25, 0.3) is 0 Å². The molecular formula is C15H28N2O3. The molecule has 1 rings (SSSR count). The molecule has 1 saturated heterocycles. The van der Waals surface area contributed by atoms with E-state index in [0.29, 0.717) is 38.4 Å². The maximum atomic E-state index is 12.2. The Bertz CT molecular complexity index is 314. The van der Waals surface area contributed by atoms with Crippen molar-refractivity contribution in [2.75, 3.05) is 19.6 Å². The van der Waals surface area contributed by atoms with Gasteiger partial charge in [0.25, 0.3) is 0 Å². The lowest BCUT2D eigenvalue weighted by atomic mass is 9.93. The smallest absolute Gasteiger partial charge is 0.308 e. The number of carbonyl (C=O) groups excluding carboxylic acids is 1. The van der Waals surface area contributed by atoms with Crippen LogP contribution < -0.4 is 5.73 Å². The van der Waals surface area contributed by atoms with E-state index < -0.39 is 5.97 Å². The third kappa shape index (κ3) is 5.49. The van der Waals surface area contributed by atoms with Crippen molar-refractivity contribution in [1.29, 1.82) is 0 Å². The highest BCUT2D eigenvalue weighted by atomic mass is 16.4. The van der Waals surface area contributed by atoms with E-state index in [4.69, 9.17) is 10.8 Å². The molecule has 0 aromatic rings. The number of rotatable bonds is 8. The number of amides is 1. The van der Waals surface area contributed by atoms with E-state index in [9.17, 15) is 9.59 Å². The SMILES string of the molecule is CCCC(CCN)CCC(=O)N1CCC[C@@H](C(=O)O)C1. The largest absolute Gasteiger partial charge is 0.481 e. The molecule has 0 aromatic carbocycles. The van der Waals surface area contributed by atoms with Crippen LogP contribution in [0.5, 0.6) is 0 Å². The van der Waals surface area contributed by atoms with Crippen molar-refractivity contribution < 1.29 is 14.7 Å².